The van der Waals surface area contributed by atoms with Gasteiger partial charge in [0, 0.05) is 18.7 Å². The predicted molar refractivity (Wildman–Crippen MR) is 180 cm³/mol. The van der Waals surface area contributed by atoms with Crippen molar-refractivity contribution in [2.75, 3.05) is 13.1 Å². The Kier molecular flexibility index (Phi) is 9.77. The molecule has 0 unspecified atom stereocenters. The molecule has 0 bridgehead atoms. The molecule has 6 rings (SSSR count). The maximum atomic E-state index is 14.3. The van der Waals surface area contributed by atoms with Gasteiger partial charge < -0.3 is 24.6 Å². The van der Waals surface area contributed by atoms with E-state index in [1.807, 2.05) is 71.0 Å². The maximum Gasteiger partial charge on any atom is 0.408 e. The third-order valence-corrected chi connectivity index (χ3v) is 10.3. The molecule has 2 saturated heterocycles. The van der Waals surface area contributed by atoms with Gasteiger partial charge in [0.25, 0.3) is 0 Å². The SMILES string of the molecule is CC(C)(C)OC(=O)N[C@@H]1C(=O)N2[C@@H](C(=O)OC(c3ccccc3)c3ccccc3)C(/C=C3\CCN(CC4CCCCC4)C3=O)=CS[C@H]12. The van der Waals surface area contributed by atoms with E-state index in [2.05, 4.69) is 5.32 Å². The highest BCUT2D eigenvalue weighted by molar-refractivity contribution is 8.03. The number of hydrogen-bond acceptors (Lipinski definition) is 7. The normalized spacial score (nSPS) is 24.1. The Morgan fingerprint density at radius 2 is 1.62 bits per heavy atom. The van der Waals surface area contributed by atoms with E-state index in [0.717, 1.165) is 30.5 Å². The number of alkyl carbamates (subject to hydrolysis) is 1. The number of ether oxygens (including phenoxy) is 2. The van der Waals surface area contributed by atoms with Crippen LogP contribution in [0.3, 0.4) is 0 Å². The number of rotatable bonds is 8. The number of nitrogens with one attached hydrogen (secondary N) is 1. The second-order valence-corrected chi connectivity index (χ2v) is 14.7. The summed E-state index contributed by atoms with van der Waals surface area (Å²) >= 11 is 1.34. The fourth-order valence-corrected chi connectivity index (χ4v) is 8.02. The van der Waals surface area contributed by atoms with Gasteiger partial charge in [-0.2, -0.15) is 0 Å². The first-order chi connectivity index (χ1) is 22.6. The highest BCUT2D eigenvalue weighted by atomic mass is 32.2. The molecule has 10 heteroatoms. The van der Waals surface area contributed by atoms with Gasteiger partial charge in [0.2, 0.25) is 11.8 Å². The van der Waals surface area contributed by atoms with Gasteiger partial charge in [-0.25, -0.2) is 9.59 Å². The van der Waals surface area contributed by atoms with E-state index < -0.39 is 47.1 Å². The number of nitrogens with zero attached hydrogens (tertiary/aromatic N) is 2. The molecule has 0 spiro atoms. The van der Waals surface area contributed by atoms with E-state index in [9.17, 15) is 19.2 Å². The van der Waals surface area contributed by atoms with Gasteiger partial charge in [-0.1, -0.05) is 79.9 Å². The van der Waals surface area contributed by atoms with Crippen LogP contribution in [0, 0.1) is 5.92 Å². The minimum Gasteiger partial charge on any atom is -0.451 e. The van der Waals surface area contributed by atoms with E-state index in [-0.39, 0.29) is 5.91 Å². The van der Waals surface area contributed by atoms with Crippen LogP contribution in [0.5, 0.6) is 0 Å². The number of esters is 1. The number of fused-ring (bicyclic) bond motifs is 1. The van der Waals surface area contributed by atoms with E-state index >= 15 is 0 Å². The quantitative estimate of drug-likeness (QED) is 0.207. The average Bonchev–Trinajstić information content (AvgIpc) is 3.40. The van der Waals surface area contributed by atoms with Crippen molar-refractivity contribution in [2.24, 2.45) is 5.92 Å². The Morgan fingerprint density at radius 3 is 2.23 bits per heavy atom. The third-order valence-electron chi connectivity index (χ3n) is 9.11. The first-order valence-corrected chi connectivity index (χ1v) is 17.5. The van der Waals surface area contributed by atoms with Gasteiger partial charge >= 0.3 is 12.1 Å². The smallest absolute Gasteiger partial charge is 0.408 e. The molecule has 47 heavy (non-hydrogen) atoms. The zero-order chi connectivity index (χ0) is 33.1. The Bertz CT molecular complexity index is 1510. The lowest BCUT2D eigenvalue weighted by Crippen LogP contribution is -2.74. The first kappa shape index (κ1) is 32.9. The molecule has 9 nitrogen and oxygen atoms in total. The number of hydrogen-bond donors (Lipinski definition) is 1. The van der Waals surface area contributed by atoms with Crippen molar-refractivity contribution in [1.29, 1.82) is 0 Å². The topological polar surface area (TPSA) is 105 Å². The summed E-state index contributed by atoms with van der Waals surface area (Å²) in [6.07, 6.45) is 6.94. The Labute approximate surface area is 280 Å². The second-order valence-electron chi connectivity index (χ2n) is 13.7. The molecule has 4 aliphatic rings. The summed E-state index contributed by atoms with van der Waals surface area (Å²) in [7, 11) is 0. The second kappa shape index (κ2) is 14.0. The minimum atomic E-state index is -1.09. The Morgan fingerprint density at radius 1 is 0.979 bits per heavy atom. The van der Waals surface area contributed by atoms with Crippen LogP contribution in [0.4, 0.5) is 4.79 Å². The lowest BCUT2D eigenvalue weighted by Gasteiger charge is -2.51. The summed E-state index contributed by atoms with van der Waals surface area (Å²) in [5.74, 6) is -0.501. The molecule has 2 aromatic carbocycles. The van der Waals surface area contributed by atoms with Crippen LogP contribution in [-0.2, 0) is 23.9 Å². The number of amides is 3. The largest absolute Gasteiger partial charge is 0.451 e. The minimum absolute atomic E-state index is 0.0124. The van der Waals surface area contributed by atoms with Crippen molar-refractivity contribution >= 4 is 35.6 Å². The van der Waals surface area contributed by atoms with Gasteiger partial charge in [-0.05, 0) is 74.1 Å². The van der Waals surface area contributed by atoms with Crippen LogP contribution < -0.4 is 5.32 Å². The van der Waals surface area contributed by atoms with Gasteiger partial charge in [-0.3, -0.25) is 9.59 Å². The van der Waals surface area contributed by atoms with Crippen molar-refractivity contribution < 1.29 is 28.7 Å². The number of carbonyl (C=O) groups excluding carboxylic acids is 4. The molecule has 248 valence electrons. The van der Waals surface area contributed by atoms with Gasteiger partial charge in [-0.15, -0.1) is 11.8 Å². The lowest BCUT2D eigenvalue weighted by atomic mass is 9.89. The lowest BCUT2D eigenvalue weighted by molar-refractivity contribution is -0.164. The molecule has 3 amide bonds. The Balaban J connectivity index is 1.27. The summed E-state index contributed by atoms with van der Waals surface area (Å²) in [4.78, 5) is 57.5. The van der Waals surface area contributed by atoms with Crippen LogP contribution >= 0.6 is 11.8 Å². The molecular formula is C37H43N3O6S. The van der Waals surface area contributed by atoms with Gasteiger partial charge in [0.05, 0.1) is 0 Å². The van der Waals surface area contributed by atoms with Crippen LogP contribution in [-0.4, -0.2) is 69.8 Å². The Hall–Kier alpha value is -4.05. The summed E-state index contributed by atoms with van der Waals surface area (Å²) < 4.78 is 11.7. The number of likely N-dealkylation sites (tertiary alicyclic amines) is 1. The molecule has 0 radical (unpaired) electrons. The van der Waals surface area contributed by atoms with E-state index in [1.165, 1.54) is 35.9 Å². The summed E-state index contributed by atoms with van der Waals surface area (Å²) in [5.41, 5.74) is 2.01. The zero-order valence-corrected chi connectivity index (χ0v) is 28.0. The molecule has 3 aliphatic heterocycles. The number of carbonyl (C=O) groups is 4. The molecule has 3 atom stereocenters. The van der Waals surface area contributed by atoms with E-state index in [0.29, 0.717) is 30.0 Å². The first-order valence-electron chi connectivity index (χ1n) is 16.6. The fourth-order valence-electron chi connectivity index (χ4n) is 6.83. The monoisotopic (exact) mass is 657 g/mol. The van der Waals surface area contributed by atoms with Crippen molar-refractivity contribution in [1.82, 2.24) is 15.1 Å². The number of thioether (sulfide) groups is 1. The van der Waals surface area contributed by atoms with E-state index in [1.54, 1.807) is 26.8 Å². The standard InChI is InChI=1S/C37H43N3O6S/c1-37(2,3)46-36(44)38-29-33(42)40-30(35(43)45-31(25-15-9-5-10-16-25)26-17-11-6-12-18-26)28(23-47-34(29)40)21-27-19-20-39(32(27)41)22-24-13-7-4-8-14-24/h5-6,9-12,15-18,21,23-24,29-31,34H,4,7-8,13-14,19-20,22H2,1-3H3,(H,38,44)/b27-21+/t29-,30-,34-/m1/s1. The number of β-lactam (4-membered cyclic amide) rings is 1. The van der Waals surface area contributed by atoms with Crippen molar-refractivity contribution in [2.45, 2.75) is 88.5 Å². The molecule has 3 heterocycles. The molecule has 2 aromatic rings. The number of benzene rings is 2. The highest BCUT2D eigenvalue weighted by Gasteiger charge is 2.56. The predicted octanol–water partition coefficient (Wildman–Crippen LogP) is 6.12. The molecule has 0 aromatic heterocycles. The highest BCUT2D eigenvalue weighted by Crippen LogP contribution is 2.42. The molecular weight excluding hydrogens is 614 g/mol. The zero-order valence-electron chi connectivity index (χ0n) is 27.2. The van der Waals surface area contributed by atoms with E-state index in [4.69, 9.17) is 9.47 Å². The summed E-state index contributed by atoms with van der Waals surface area (Å²) in [6.45, 7) is 6.66. The molecule has 1 aliphatic carbocycles. The molecule has 1 saturated carbocycles. The average molecular weight is 658 g/mol. The van der Waals surface area contributed by atoms with Crippen LogP contribution in [0.1, 0.15) is 76.5 Å². The van der Waals surface area contributed by atoms with Crippen LogP contribution in [0.2, 0.25) is 0 Å². The molecule has 3 fully saturated rings. The summed E-state index contributed by atoms with van der Waals surface area (Å²) in [5, 5.41) is 3.97. The maximum absolute atomic E-state index is 14.3. The third kappa shape index (κ3) is 7.43. The van der Waals surface area contributed by atoms with Crippen LogP contribution in [0.15, 0.2) is 83.3 Å². The van der Waals surface area contributed by atoms with Crippen LogP contribution in [0.25, 0.3) is 0 Å². The van der Waals surface area contributed by atoms with Gasteiger partial charge in [0.15, 0.2) is 12.1 Å². The van der Waals surface area contributed by atoms with Crippen molar-refractivity contribution in [3.05, 3.63) is 94.4 Å². The fraction of sp³-hybridized carbons (Fsp3) is 0.459. The summed E-state index contributed by atoms with van der Waals surface area (Å²) in [6, 6.07) is 17.0. The van der Waals surface area contributed by atoms with Gasteiger partial charge in [0.1, 0.15) is 17.0 Å². The van der Waals surface area contributed by atoms with Crippen molar-refractivity contribution in [3.8, 4) is 0 Å². The van der Waals surface area contributed by atoms with Crippen molar-refractivity contribution in [3.63, 3.8) is 0 Å². The molecule has 1 N–H and O–H groups in total.